The van der Waals surface area contributed by atoms with Gasteiger partial charge in [-0.25, -0.2) is 9.78 Å². The fourth-order valence-electron chi connectivity index (χ4n) is 2.55. The van der Waals surface area contributed by atoms with Crippen molar-refractivity contribution < 1.29 is 0 Å². The maximum Gasteiger partial charge on any atom is 0.329 e. The second kappa shape index (κ2) is 6.60. The molecule has 116 valence electrons. The van der Waals surface area contributed by atoms with Crippen LogP contribution in [0, 0.1) is 5.92 Å². The van der Waals surface area contributed by atoms with E-state index in [1.54, 1.807) is 7.05 Å². The first-order valence-corrected chi connectivity index (χ1v) is 8.13. The van der Waals surface area contributed by atoms with Gasteiger partial charge in [-0.05, 0) is 28.3 Å². The van der Waals surface area contributed by atoms with Crippen LogP contribution < -0.4 is 11.2 Å². The Kier molecular flexibility index (Phi) is 5.03. The fraction of sp³-hybridized carbons (Fsp3) is 0.643. The second-order valence-corrected chi connectivity index (χ2v) is 6.11. The maximum atomic E-state index is 12.1. The first-order valence-electron chi connectivity index (χ1n) is 7.34. The van der Waals surface area contributed by atoms with E-state index in [0.717, 1.165) is 25.8 Å². The van der Waals surface area contributed by atoms with Crippen molar-refractivity contribution in [2.24, 2.45) is 13.0 Å². The molecule has 0 fully saturated rings. The first kappa shape index (κ1) is 16.0. The molecule has 2 aromatic heterocycles. The van der Waals surface area contributed by atoms with E-state index in [-0.39, 0.29) is 5.56 Å². The summed E-state index contributed by atoms with van der Waals surface area (Å²) in [6.07, 6.45) is 4.52. The normalized spacial score (nSPS) is 13.0. The van der Waals surface area contributed by atoms with Crippen LogP contribution in [0.2, 0.25) is 0 Å². The largest absolute Gasteiger partial charge is 0.329 e. The molecule has 1 N–H and O–H groups in total. The SMILES string of the molecule is CCCC[C@@H](CC)Cn1c(Br)nc2c1c(=O)[nH]c(=O)n2C. The van der Waals surface area contributed by atoms with Gasteiger partial charge < -0.3 is 4.57 Å². The Morgan fingerprint density at radius 3 is 2.67 bits per heavy atom. The first-order chi connectivity index (χ1) is 9.99. The summed E-state index contributed by atoms with van der Waals surface area (Å²) in [4.78, 5) is 30.4. The fourth-order valence-corrected chi connectivity index (χ4v) is 3.04. The van der Waals surface area contributed by atoms with Crippen molar-refractivity contribution in [3.8, 4) is 0 Å². The highest BCUT2D eigenvalue weighted by Crippen LogP contribution is 2.21. The van der Waals surface area contributed by atoms with E-state index in [0.29, 0.717) is 21.8 Å². The van der Waals surface area contributed by atoms with Gasteiger partial charge in [-0.15, -0.1) is 0 Å². The average molecular weight is 357 g/mol. The summed E-state index contributed by atoms with van der Waals surface area (Å²) < 4.78 is 3.83. The minimum absolute atomic E-state index is 0.378. The lowest BCUT2D eigenvalue weighted by molar-refractivity contribution is 0.392. The quantitative estimate of drug-likeness (QED) is 0.807. The molecule has 1 atom stereocenters. The number of hydrogen-bond donors (Lipinski definition) is 1. The Labute approximate surface area is 131 Å². The minimum atomic E-state index is -0.442. The number of halogens is 1. The van der Waals surface area contributed by atoms with Gasteiger partial charge in [-0.1, -0.05) is 33.1 Å². The number of aromatic amines is 1. The Morgan fingerprint density at radius 1 is 1.33 bits per heavy atom. The smallest absolute Gasteiger partial charge is 0.312 e. The van der Waals surface area contributed by atoms with Crippen LogP contribution in [0.4, 0.5) is 0 Å². The molecule has 0 aliphatic rings. The van der Waals surface area contributed by atoms with Gasteiger partial charge in [0, 0.05) is 13.6 Å². The van der Waals surface area contributed by atoms with Crippen LogP contribution >= 0.6 is 15.9 Å². The molecule has 0 aliphatic carbocycles. The van der Waals surface area contributed by atoms with E-state index in [4.69, 9.17) is 0 Å². The van der Waals surface area contributed by atoms with E-state index in [1.807, 2.05) is 4.57 Å². The second-order valence-electron chi connectivity index (χ2n) is 5.40. The number of rotatable bonds is 6. The van der Waals surface area contributed by atoms with Crippen LogP contribution in [0.1, 0.15) is 39.5 Å². The summed E-state index contributed by atoms with van der Waals surface area (Å²) in [6, 6.07) is 0. The van der Waals surface area contributed by atoms with E-state index in [1.165, 1.54) is 11.0 Å². The number of nitrogens with one attached hydrogen (secondary N) is 1. The highest BCUT2D eigenvalue weighted by atomic mass is 79.9. The number of nitrogens with zero attached hydrogens (tertiary/aromatic N) is 3. The monoisotopic (exact) mass is 356 g/mol. The predicted octanol–water partition coefficient (Wildman–Crippen LogP) is 2.40. The topological polar surface area (TPSA) is 72.7 Å². The van der Waals surface area contributed by atoms with Crippen LogP contribution in [0.25, 0.3) is 11.2 Å². The number of imidazole rings is 1. The minimum Gasteiger partial charge on any atom is -0.312 e. The third kappa shape index (κ3) is 3.12. The summed E-state index contributed by atoms with van der Waals surface area (Å²) in [5, 5.41) is 0. The molecule has 0 unspecified atom stereocenters. The molecule has 0 saturated carbocycles. The highest BCUT2D eigenvalue weighted by Gasteiger charge is 2.18. The third-order valence-electron chi connectivity index (χ3n) is 3.94. The van der Waals surface area contributed by atoms with Crippen molar-refractivity contribution in [2.75, 3.05) is 0 Å². The molecule has 2 aromatic rings. The standard InChI is InChI=1S/C14H21BrN4O2/c1-4-6-7-9(5-2)8-19-10-11(16-13(19)15)18(3)14(21)17-12(10)20/h9H,4-8H2,1-3H3,(H,17,20,21)/t9-/m1/s1. The molecule has 7 heteroatoms. The molecule has 0 amide bonds. The summed E-state index contributed by atoms with van der Waals surface area (Å²) in [6.45, 7) is 5.07. The summed E-state index contributed by atoms with van der Waals surface area (Å²) in [5.41, 5.74) is 0.0548. The molecular formula is C14H21BrN4O2. The predicted molar refractivity (Wildman–Crippen MR) is 86.6 cm³/mol. The zero-order valence-corrected chi connectivity index (χ0v) is 14.2. The van der Waals surface area contributed by atoms with Crippen LogP contribution in [-0.4, -0.2) is 19.1 Å². The van der Waals surface area contributed by atoms with Gasteiger partial charge in [0.2, 0.25) is 0 Å². The number of unbranched alkanes of at least 4 members (excludes halogenated alkanes) is 1. The number of aryl methyl sites for hydroxylation is 1. The summed E-state index contributed by atoms with van der Waals surface area (Å²) in [5.74, 6) is 0.496. The highest BCUT2D eigenvalue weighted by molar-refractivity contribution is 9.10. The maximum absolute atomic E-state index is 12.1. The molecule has 2 heterocycles. The van der Waals surface area contributed by atoms with Crippen LogP contribution in [-0.2, 0) is 13.6 Å². The molecule has 0 aromatic carbocycles. The van der Waals surface area contributed by atoms with Crippen molar-refractivity contribution in [1.29, 1.82) is 0 Å². The summed E-state index contributed by atoms with van der Waals surface area (Å²) >= 11 is 3.41. The number of fused-ring (bicyclic) bond motifs is 1. The molecule has 0 spiro atoms. The Hall–Kier alpha value is -1.37. The van der Waals surface area contributed by atoms with Crippen molar-refractivity contribution in [3.05, 3.63) is 25.6 Å². The van der Waals surface area contributed by atoms with Gasteiger partial charge in [0.15, 0.2) is 15.9 Å². The lowest BCUT2D eigenvalue weighted by Gasteiger charge is -2.16. The van der Waals surface area contributed by atoms with Crippen molar-refractivity contribution in [3.63, 3.8) is 0 Å². The van der Waals surface area contributed by atoms with Crippen LogP contribution in [0.3, 0.4) is 0 Å². The molecule has 0 radical (unpaired) electrons. The summed E-state index contributed by atoms with van der Waals surface area (Å²) in [7, 11) is 1.61. The number of aromatic nitrogens is 4. The molecule has 0 bridgehead atoms. The molecule has 21 heavy (non-hydrogen) atoms. The zero-order valence-electron chi connectivity index (χ0n) is 12.6. The number of hydrogen-bond acceptors (Lipinski definition) is 3. The van der Waals surface area contributed by atoms with E-state index >= 15 is 0 Å². The Morgan fingerprint density at radius 2 is 2.05 bits per heavy atom. The van der Waals surface area contributed by atoms with Crippen molar-refractivity contribution in [1.82, 2.24) is 19.1 Å². The molecule has 6 nitrogen and oxygen atoms in total. The van der Waals surface area contributed by atoms with Crippen LogP contribution in [0.15, 0.2) is 14.3 Å². The zero-order chi connectivity index (χ0) is 15.6. The lowest BCUT2D eigenvalue weighted by Crippen LogP contribution is -2.29. The van der Waals surface area contributed by atoms with E-state index in [2.05, 4.69) is 39.7 Å². The van der Waals surface area contributed by atoms with Gasteiger partial charge in [0.25, 0.3) is 5.56 Å². The molecule has 0 saturated heterocycles. The van der Waals surface area contributed by atoms with Gasteiger partial charge in [-0.3, -0.25) is 14.3 Å². The van der Waals surface area contributed by atoms with Gasteiger partial charge >= 0.3 is 5.69 Å². The van der Waals surface area contributed by atoms with Gasteiger partial charge in [-0.2, -0.15) is 0 Å². The average Bonchev–Trinajstić information content (AvgIpc) is 2.78. The van der Waals surface area contributed by atoms with E-state index < -0.39 is 5.69 Å². The number of H-pyrrole nitrogens is 1. The van der Waals surface area contributed by atoms with Gasteiger partial charge in [0.05, 0.1) is 0 Å². The van der Waals surface area contributed by atoms with Crippen molar-refractivity contribution in [2.45, 2.75) is 46.1 Å². The molecule has 0 aliphatic heterocycles. The third-order valence-corrected chi connectivity index (χ3v) is 4.55. The molecular weight excluding hydrogens is 336 g/mol. The Balaban J connectivity index is 2.49. The molecule has 2 rings (SSSR count). The van der Waals surface area contributed by atoms with Gasteiger partial charge in [0.1, 0.15) is 0 Å². The van der Waals surface area contributed by atoms with Crippen LogP contribution in [0.5, 0.6) is 0 Å². The van der Waals surface area contributed by atoms with E-state index in [9.17, 15) is 9.59 Å². The lowest BCUT2D eigenvalue weighted by atomic mass is 9.99. The van der Waals surface area contributed by atoms with Crippen molar-refractivity contribution >= 4 is 27.1 Å². The Bertz CT molecular complexity index is 744.